The molecule has 3 N–H and O–H groups in total. The first-order valence-electron chi connectivity index (χ1n) is 8.34. The van der Waals surface area contributed by atoms with Crippen LogP contribution in [0.25, 0.3) is 11.3 Å². The Balaban J connectivity index is 1.42. The van der Waals surface area contributed by atoms with E-state index in [0.717, 1.165) is 41.4 Å². The van der Waals surface area contributed by atoms with Crippen LogP contribution in [-0.2, 0) is 6.54 Å². The molecular weight excluding hydrogens is 336 g/mol. The van der Waals surface area contributed by atoms with Crippen molar-refractivity contribution >= 4 is 17.4 Å². The molecule has 0 amide bonds. The van der Waals surface area contributed by atoms with Gasteiger partial charge in [0.05, 0.1) is 11.6 Å². The minimum atomic E-state index is 0.308. The fourth-order valence-corrected chi connectivity index (χ4v) is 3.28. The molecule has 6 heteroatoms. The summed E-state index contributed by atoms with van der Waals surface area (Å²) in [4.78, 5) is 8.64. The average molecular weight is 355 g/mol. The van der Waals surface area contributed by atoms with Crippen LogP contribution in [0.15, 0.2) is 53.2 Å². The average Bonchev–Trinajstić information content (AvgIpc) is 3.07. The molecule has 4 rings (SSSR count). The van der Waals surface area contributed by atoms with E-state index in [0.29, 0.717) is 23.5 Å². The number of rotatable bonds is 5. The lowest BCUT2D eigenvalue weighted by Gasteiger charge is -2.31. The summed E-state index contributed by atoms with van der Waals surface area (Å²) in [5, 5.41) is 3.96. The molecule has 0 unspecified atom stereocenters. The molecule has 0 saturated heterocycles. The molecule has 2 aromatic heterocycles. The third kappa shape index (κ3) is 3.52. The standard InChI is InChI=1S/C19H19ClN4O/c20-16-4-2-1-3-15(16)18-6-5-14(25-18)10-22-19-9-17(23-11-24-19)12-7-13(21)8-12/h1-6,9,11-13H,7-8,10,21H2,(H,22,23,24). The Morgan fingerprint density at radius 3 is 2.80 bits per heavy atom. The summed E-state index contributed by atoms with van der Waals surface area (Å²) in [6.07, 6.45) is 3.59. The van der Waals surface area contributed by atoms with Crippen molar-refractivity contribution in [1.29, 1.82) is 0 Å². The normalized spacial score (nSPS) is 19.4. The molecule has 0 radical (unpaired) electrons. The quantitative estimate of drug-likeness (QED) is 0.717. The maximum absolute atomic E-state index is 6.22. The highest BCUT2D eigenvalue weighted by atomic mass is 35.5. The lowest BCUT2D eigenvalue weighted by Crippen LogP contribution is -2.35. The predicted octanol–water partition coefficient (Wildman–Crippen LogP) is 4.21. The van der Waals surface area contributed by atoms with Gasteiger partial charge < -0.3 is 15.5 Å². The smallest absolute Gasteiger partial charge is 0.135 e. The zero-order valence-corrected chi connectivity index (χ0v) is 14.4. The van der Waals surface area contributed by atoms with E-state index < -0.39 is 0 Å². The molecule has 1 saturated carbocycles. The van der Waals surface area contributed by atoms with Gasteiger partial charge in [0.25, 0.3) is 0 Å². The summed E-state index contributed by atoms with van der Waals surface area (Å²) in [6, 6.07) is 13.8. The van der Waals surface area contributed by atoms with E-state index in [1.165, 1.54) is 0 Å². The van der Waals surface area contributed by atoms with Crippen molar-refractivity contribution in [3.63, 3.8) is 0 Å². The van der Waals surface area contributed by atoms with Gasteiger partial charge >= 0.3 is 0 Å². The zero-order chi connectivity index (χ0) is 17.2. The van der Waals surface area contributed by atoms with Crippen LogP contribution in [0.3, 0.4) is 0 Å². The number of nitrogens with zero attached hydrogens (tertiary/aromatic N) is 2. The maximum Gasteiger partial charge on any atom is 0.135 e. The van der Waals surface area contributed by atoms with Gasteiger partial charge in [0, 0.05) is 29.3 Å². The fraction of sp³-hybridized carbons (Fsp3) is 0.263. The number of nitrogens with two attached hydrogens (primary N) is 1. The molecule has 1 aromatic carbocycles. The van der Waals surface area contributed by atoms with Gasteiger partial charge in [0.2, 0.25) is 0 Å². The van der Waals surface area contributed by atoms with E-state index in [2.05, 4.69) is 15.3 Å². The summed E-state index contributed by atoms with van der Waals surface area (Å²) >= 11 is 6.22. The van der Waals surface area contributed by atoms with Crippen molar-refractivity contribution in [3.8, 4) is 11.3 Å². The highest BCUT2D eigenvalue weighted by Gasteiger charge is 2.28. The van der Waals surface area contributed by atoms with E-state index in [9.17, 15) is 0 Å². The SMILES string of the molecule is NC1CC(c2cc(NCc3ccc(-c4ccccc4Cl)o3)ncn2)C1. The second-order valence-corrected chi connectivity index (χ2v) is 6.76. The highest BCUT2D eigenvalue weighted by molar-refractivity contribution is 6.33. The molecule has 0 bridgehead atoms. The van der Waals surface area contributed by atoms with E-state index in [-0.39, 0.29) is 0 Å². The van der Waals surface area contributed by atoms with Gasteiger partial charge in [-0.2, -0.15) is 0 Å². The number of nitrogens with one attached hydrogen (secondary N) is 1. The van der Waals surface area contributed by atoms with E-state index in [4.69, 9.17) is 21.8 Å². The second-order valence-electron chi connectivity index (χ2n) is 6.36. The largest absolute Gasteiger partial charge is 0.459 e. The van der Waals surface area contributed by atoms with Gasteiger partial charge in [-0.15, -0.1) is 0 Å². The molecule has 0 atom stereocenters. The van der Waals surface area contributed by atoms with Crippen molar-refractivity contribution in [1.82, 2.24) is 9.97 Å². The van der Waals surface area contributed by atoms with Crippen molar-refractivity contribution in [2.75, 3.05) is 5.32 Å². The molecule has 5 nitrogen and oxygen atoms in total. The molecule has 2 heterocycles. The van der Waals surface area contributed by atoms with Crippen LogP contribution < -0.4 is 11.1 Å². The van der Waals surface area contributed by atoms with Gasteiger partial charge in [-0.3, -0.25) is 0 Å². The van der Waals surface area contributed by atoms with Crippen LogP contribution >= 0.6 is 11.6 Å². The summed E-state index contributed by atoms with van der Waals surface area (Å²) in [7, 11) is 0. The minimum absolute atomic E-state index is 0.308. The monoisotopic (exact) mass is 354 g/mol. The van der Waals surface area contributed by atoms with Gasteiger partial charge in [-0.05, 0) is 37.1 Å². The number of benzene rings is 1. The Morgan fingerprint density at radius 1 is 1.16 bits per heavy atom. The van der Waals surface area contributed by atoms with Crippen LogP contribution in [0.2, 0.25) is 5.02 Å². The summed E-state index contributed by atoms with van der Waals surface area (Å²) < 4.78 is 5.89. The van der Waals surface area contributed by atoms with E-state index in [1.807, 2.05) is 42.5 Å². The minimum Gasteiger partial charge on any atom is -0.459 e. The molecule has 3 aromatic rings. The summed E-state index contributed by atoms with van der Waals surface area (Å²) in [6.45, 7) is 0.547. The Morgan fingerprint density at radius 2 is 2.00 bits per heavy atom. The lowest BCUT2D eigenvalue weighted by molar-refractivity contribution is 0.345. The molecule has 1 fully saturated rings. The van der Waals surface area contributed by atoms with Crippen LogP contribution in [-0.4, -0.2) is 16.0 Å². The summed E-state index contributed by atoms with van der Waals surface area (Å²) in [5.74, 6) is 2.82. The Bertz CT molecular complexity index is 873. The lowest BCUT2D eigenvalue weighted by atomic mass is 9.79. The fourth-order valence-electron chi connectivity index (χ4n) is 3.05. The topological polar surface area (TPSA) is 77.0 Å². The summed E-state index contributed by atoms with van der Waals surface area (Å²) in [5.41, 5.74) is 7.80. The predicted molar refractivity (Wildman–Crippen MR) is 98.5 cm³/mol. The number of furan rings is 1. The Labute approximate surface area is 151 Å². The van der Waals surface area contributed by atoms with Crippen LogP contribution in [0.1, 0.15) is 30.2 Å². The van der Waals surface area contributed by atoms with Crippen molar-refractivity contribution in [3.05, 3.63) is 65.3 Å². The zero-order valence-electron chi connectivity index (χ0n) is 13.7. The number of hydrogen-bond donors (Lipinski definition) is 2. The van der Waals surface area contributed by atoms with Crippen LogP contribution in [0.5, 0.6) is 0 Å². The number of hydrogen-bond acceptors (Lipinski definition) is 5. The molecule has 0 spiro atoms. The Hall–Kier alpha value is -2.37. The molecule has 0 aliphatic heterocycles. The van der Waals surface area contributed by atoms with Gasteiger partial charge in [-0.25, -0.2) is 9.97 Å². The van der Waals surface area contributed by atoms with E-state index >= 15 is 0 Å². The molecular formula is C19H19ClN4O. The molecule has 128 valence electrons. The Kier molecular flexibility index (Phi) is 4.42. The number of anilines is 1. The van der Waals surface area contributed by atoms with Gasteiger partial charge in [0.15, 0.2) is 0 Å². The van der Waals surface area contributed by atoms with Crippen molar-refractivity contribution < 1.29 is 4.42 Å². The highest BCUT2D eigenvalue weighted by Crippen LogP contribution is 2.35. The van der Waals surface area contributed by atoms with Crippen LogP contribution in [0, 0.1) is 0 Å². The maximum atomic E-state index is 6.22. The first-order chi connectivity index (χ1) is 12.2. The van der Waals surface area contributed by atoms with E-state index in [1.54, 1.807) is 6.33 Å². The number of aromatic nitrogens is 2. The first kappa shape index (κ1) is 16.1. The molecule has 1 aliphatic rings. The van der Waals surface area contributed by atoms with Crippen molar-refractivity contribution in [2.45, 2.75) is 31.3 Å². The third-order valence-corrected chi connectivity index (χ3v) is 4.86. The molecule has 25 heavy (non-hydrogen) atoms. The number of halogens is 1. The van der Waals surface area contributed by atoms with Gasteiger partial charge in [0.1, 0.15) is 23.7 Å². The van der Waals surface area contributed by atoms with Gasteiger partial charge in [-0.1, -0.05) is 23.7 Å². The first-order valence-corrected chi connectivity index (χ1v) is 8.72. The second kappa shape index (κ2) is 6.86. The molecule has 1 aliphatic carbocycles. The van der Waals surface area contributed by atoms with Crippen molar-refractivity contribution in [2.24, 2.45) is 5.73 Å². The van der Waals surface area contributed by atoms with Crippen LogP contribution in [0.4, 0.5) is 5.82 Å². The third-order valence-electron chi connectivity index (χ3n) is 4.53.